The molecule has 0 spiro atoms. The molecule has 3 heteroatoms. The number of nitrogens with one attached hydrogen (secondary N) is 2. The van der Waals surface area contributed by atoms with Gasteiger partial charge in [-0.1, -0.05) is 42.5 Å². The van der Waals surface area contributed by atoms with Crippen LogP contribution in [0.25, 0.3) is 0 Å². The van der Waals surface area contributed by atoms with Gasteiger partial charge in [0, 0.05) is 5.56 Å². The zero-order valence-electron chi connectivity index (χ0n) is 11.0. The maximum Gasteiger partial charge on any atom is 0.320 e. The fraction of sp³-hybridized carbons (Fsp3) is 0.188. The standard InChI is InChI=1S/C16H16N2O/c1-10-8-9-13-14(11(10)2)17-16(19)18-15(13)12-6-4-3-5-7-12/h3-9,15H,1-2H3,(H2,17,18,19). The molecule has 3 nitrogen and oxygen atoms in total. The summed E-state index contributed by atoms with van der Waals surface area (Å²) in [6.45, 7) is 4.10. The van der Waals surface area contributed by atoms with E-state index in [1.165, 1.54) is 5.56 Å². The number of fused-ring (bicyclic) bond motifs is 1. The summed E-state index contributed by atoms with van der Waals surface area (Å²) in [5.74, 6) is 0. The van der Waals surface area contributed by atoms with Crippen LogP contribution < -0.4 is 10.6 Å². The molecule has 0 bridgehead atoms. The van der Waals surface area contributed by atoms with Gasteiger partial charge in [0.1, 0.15) is 0 Å². The maximum atomic E-state index is 11.9. The van der Waals surface area contributed by atoms with E-state index >= 15 is 0 Å². The minimum Gasteiger partial charge on any atom is -0.327 e. The van der Waals surface area contributed by atoms with Crippen LogP contribution in [0.15, 0.2) is 42.5 Å². The summed E-state index contributed by atoms with van der Waals surface area (Å²) in [7, 11) is 0. The van der Waals surface area contributed by atoms with E-state index in [0.717, 1.165) is 22.4 Å². The van der Waals surface area contributed by atoms with Gasteiger partial charge < -0.3 is 10.6 Å². The Bertz CT molecular complexity index is 635. The highest BCUT2D eigenvalue weighted by Gasteiger charge is 2.26. The average Bonchev–Trinajstić information content (AvgIpc) is 2.44. The molecule has 1 atom stereocenters. The van der Waals surface area contributed by atoms with Crippen molar-refractivity contribution in [3.05, 3.63) is 64.7 Å². The summed E-state index contributed by atoms with van der Waals surface area (Å²) < 4.78 is 0. The molecule has 3 rings (SSSR count). The third-order valence-electron chi connectivity index (χ3n) is 3.73. The molecule has 0 saturated heterocycles. The number of carbonyl (C=O) groups is 1. The van der Waals surface area contributed by atoms with E-state index in [0.29, 0.717) is 0 Å². The van der Waals surface area contributed by atoms with Crippen molar-refractivity contribution in [2.75, 3.05) is 5.32 Å². The van der Waals surface area contributed by atoms with Crippen LogP contribution in [0.3, 0.4) is 0 Å². The molecule has 0 fully saturated rings. The van der Waals surface area contributed by atoms with Crippen molar-refractivity contribution >= 4 is 11.7 Å². The van der Waals surface area contributed by atoms with Crippen molar-refractivity contribution < 1.29 is 4.79 Å². The smallest absolute Gasteiger partial charge is 0.320 e. The molecule has 96 valence electrons. The Balaban J connectivity index is 2.16. The molecule has 2 amide bonds. The summed E-state index contributed by atoms with van der Waals surface area (Å²) in [5.41, 5.74) is 5.48. The Labute approximate surface area is 112 Å². The lowest BCUT2D eigenvalue weighted by Gasteiger charge is -2.29. The lowest BCUT2D eigenvalue weighted by molar-refractivity contribution is 0.249. The first-order chi connectivity index (χ1) is 9.16. The molecule has 0 aliphatic carbocycles. The first-order valence-electron chi connectivity index (χ1n) is 6.39. The number of hydrogen-bond donors (Lipinski definition) is 2. The van der Waals surface area contributed by atoms with Gasteiger partial charge >= 0.3 is 6.03 Å². The highest BCUT2D eigenvalue weighted by atomic mass is 16.2. The van der Waals surface area contributed by atoms with Gasteiger partial charge in [0.25, 0.3) is 0 Å². The third-order valence-corrected chi connectivity index (χ3v) is 3.73. The van der Waals surface area contributed by atoms with E-state index in [1.807, 2.05) is 37.3 Å². The Morgan fingerprint density at radius 2 is 1.74 bits per heavy atom. The van der Waals surface area contributed by atoms with Crippen LogP contribution >= 0.6 is 0 Å². The average molecular weight is 252 g/mol. The first kappa shape index (κ1) is 11.8. The fourth-order valence-corrected chi connectivity index (χ4v) is 2.51. The maximum absolute atomic E-state index is 11.9. The number of anilines is 1. The number of rotatable bonds is 1. The molecule has 0 aromatic heterocycles. The van der Waals surface area contributed by atoms with Gasteiger partial charge in [-0.2, -0.15) is 0 Å². The molecule has 1 aliphatic rings. The Kier molecular flexibility index (Phi) is 2.75. The molecule has 0 saturated carbocycles. The summed E-state index contributed by atoms with van der Waals surface area (Å²) in [6.07, 6.45) is 0. The van der Waals surface area contributed by atoms with Gasteiger partial charge in [-0.05, 0) is 30.5 Å². The van der Waals surface area contributed by atoms with Crippen molar-refractivity contribution in [2.45, 2.75) is 19.9 Å². The lowest BCUT2D eigenvalue weighted by Crippen LogP contribution is -2.38. The number of urea groups is 1. The Morgan fingerprint density at radius 1 is 1.00 bits per heavy atom. The molecule has 2 aromatic rings. The van der Waals surface area contributed by atoms with Gasteiger partial charge in [-0.3, -0.25) is 0 Å². The van der Waals surface area contributed by atoms with Crippen LogP contribution in [0.4, 0.5) is 10.5 Å². The van der Waals surface area contributed by atoms with Crippen LogP contribution in [-0.4, -0.2) is 6.03 Å². The zero-order chi connectivity index (χ0) is 13.4. The van der Waals surface area contributed by atoms with Crippen LogP contribution in [0.1, 0.15) is 28.3 Å². The lowest BCUT2D eigenvalue weighted by atomic mass is 9.92. The minimum atomic E-state index is -0.143. The second-order valence-electron chi connectivity index (χ2n) is 4.91. The largest absolute Gasteiger partial charge is 0.327 e. The number of hydrogen-bond acceptors (Lipinski definition) is 1. The van der Waals surface area contributed by atoms with Crippen LogP contribution in [-0.2, 0) is 0 Å². The monoisotopic (exact) mass is 252 g/mol. The number of amides is 2. The van der Waals surface area contributed by atoms with E-state index in [1.54, 1.807) is 0 Å². The van der Waals surface area contributed by atoms with Crippen LogP contribution in [0.2, 0.25) is 0 Å². The Hall–Kier alpha value is -2.29. The van der Waals surface area contributed by atoms with Gasteiger partial charge in [0.05, 0.1) is 11.7 Å². The first-order valence-corrected chi connectivity index (χ1v) is 6.39. The molecule has 1 unspecified atom stereocenters. The van der Waals surface area contributed by atoms with E-state index in [2.05, 4.69) is 29.7 Å². The molecular formula is C16H16N2O. The van der Waals surface area contributed by atoms with Crippen molar-refractivity contribution in [1.29, 1.82) is 0 Å². The van der Waals surface area contributed by atoms with Crippen molar-refractivity contribution in [3.63, 3.8) is 0 Å². The van der Waals surface area contributed by atoms with E-state index in [4.69, 9.17) is 0 Å². The molecule has 19 heavy (non-hydrogen) atoms. The summed E-state index contributed by atoms with van der Waals surface area (Å²) in [5, 5.41) is 5.90. The van der Waals surface area contributed by atoms with Gasteiger partial charge in [-0.25, -0.2) is 4.79 Å². The van der Waals surface area contributed by atoms with E-state index in [9.17, 15) is 4.79 Å². The molecule has 2 aromatic carbocycles. The van der Waals surface area contributed by atoms with E-state index < -0.39 is 0 Å². The quantitative estimate of drug-likeness (QED) is 0.801. The van der Waals surface area contributed by atoms with Crippen LogP contribution in [0.5, 0.6) is 0 Å². The zero-order valence-corrected chi connectivity index (χ0v) is 11.0. The predicted octanol–water partition coefficient (Wildman–Crippen LogP) is 3.53. The number of aryl methyl sites for hydroxylation is 1. The molecule has 0 radical (unpaired) electrons. The summed E-state index contributed by atoms with van der Waals surface area (Å²) in [4.78, 5) is 11.9. The highest BCUT2D eigenvalue weighted by molar-refractivity contribution is 5.94. The van der Waals surface area contributed by atoms with Gasteiger partial charge in [0.2, 0.25) is 0 Å². The van der Waals surface area contributed by atoms with Gasteiger partial charge in [-0.15, -0.1) is 0 Å². The predicted molar refractivity (Wildman–Crippen MR) is 76.4 cm³/mol. The molecule has 1 heterocycles. The highest BCUT2D eigenvalue weighted by Crippen LogP contribution is 2.34. The minimum absolute atomic E-state index is 0.0794. The van der Waals surface area contributed by atoms with Crippen molar-refractivity contribution in [2.24, 2.45) is 0 Å². The summed E-state index contributed by atoms with van der Waals surface area (Å²) >= 11 is 0. The number of carbonyl (C=O) groups excluding carboxylic acids is 1. The Morgan fingerprint density at radius 3 is 2.47 bits per heavy atom. The molecule has 2 N–H and O–H groups in total. The topological polar surface area (TPSA) is 41.1 Å². The third kappa shape index (κ3) is 1.97. The SMILES string of the molecule is Cc1ccc2c(c1C)NC(=O)NC2c1ccccc1. The molecule has 1 aliphatic heterocycles. The summed E-state index contributed by atoms with van der Waals surface area (Å²) in [6, 6.07) is 14.0. The van der Waals surface area contributed by atoms with Crippen molar-refractivity contribution in [3.8, 4) is 0 Å². The normalized spacial score (nSPS) is 17.4. The van der Waals surface area contributed by atoms with E-state index in [-0.39, 0.29) is 12.1 Å². The van der Waals surface area contributed by atoms with Gasteiger partial charge in [0.15, 0.2) is 0 Å². The number of benzene rings is 2. The molecular weight excluding hydrogens is 236 g/mol. The second-order valence-corrected chi connectivity index (χ2v) is 4.91. The van der Waals surface area contributed by atoms with Crippen molar-refractivity contribution in [1.82, 2.24) is 5.32 Å². The second kappa shape index (κ2) is 4.43. The fourth-order valence-electron chi connectivity index (χ4n) is 2.51. The van der Waals surface area contributed by atoms with Crippen LogP contribution in [0, 0.1) is 13.8 Å².